The first kappa shape index (κ1) is 26.9. The molecule has 0 unspecified atom stereocenters. The Hall–Kier alpha value is -2.39. The van der Waals surface area contributed by atoms with Crippen LogP contribution in [0.4, 0.5) is 0 Å². The van der Waals surface area contributed by atoms with Gasteiger partial charge in [0.1, 0.15) is 0 Å². The average Bonchev–Trinajstić information content (AvgIpc) is 2.78. The summed E-state index contributed by atoms with van der Waals surface area (Å²) < 4.78 is 23.7. The predicted octanol–water partition coefficient (Wildman–Crippen LogP) is 4.90. The number of nitrogens with zero attached hydrogens (tertiary/aromatic N) is 1. The monoisotopic (exact) mass is 577 g/mol. The summed E-state index contributed by atoms with van der Waals surface area (Å²) in [6, 6.07) is 26.3. The fraction of sp³-hybridized carbons (Fsp3) is 0.269. The normalized spacial score (nSPS) is 11.7. The molecule has 3 aromatic carbocycles. The summed E-state index contributed by atoms with van der Waals surface area (Å²) in [6.07, 6.45) is 1.23. The largest absolute Gasteiger partial charge is 0.357 e. The molecule has 3 rings (SSSR count). The van der Waals surface area contributed by atoms with Crippen molar-refractivity contribution in [3.63, 3.8) is 0 Å². The van der Waals surface area contributed by atoms with Gasteiger partial charge in [-0.2, -0.15) is 0 Å². The van der Waals surface area contributed by atoms with Gasteiger partial charge in [0.25, 0.3) is 0 Å². The minimum atomic E-state index is -3.22. The first-order valence-corrected chi connectivity index (χ1v) is 12.7. The lowest BCUT2D eigenvalue weighted by Gasteiger charge is -2.20. The van der Waals surface area contributed by atoms with E-state index in [0.29, 0.717) is 18.0 Å². The lowest BCUT2D eigenvalue weighted by molar-refractivity contribution is 0.601. The quantitative estimate of drug-likeness (QED) is 0.227. The molecule has 2 N–H and O–H groups in total. The van der Waals surface area contributed by atoms with Crippen LogP contribution in [-0.4, -0.2) is 33.7 Å². The molecule has 0 saturated carbocycles. The van der Waals surface area contributed by atoms with Crippen molar-refractivity contribution in [1.82, 2.24) is 10.6 Å². The fourth-order valence-electron chi connectivity index (χ4n) is 3.74. The van der Waals surface area contributed by atoms with E-state index in [1.165, 1.54) is 17.4 Å². The Morgan fingerprint density at radius 3 is 1.97 bits per heavy atom. The van der Waals surface area contributed by atoms with Gasteiger partial charge in [-0.25, -0.2) is 13.4 Å². The highest BCUT2D eigenvalue weighted by atomic mass is 127. The summed E-state index contributed by atoms with van der Waals surface area (Å²) in [4.78, 5) is 5.09. The predicted molar refractivity (Wildman–Crippen MR) is 147 cm³/mol. The Morgan fingerprint density at radius 2 is 1.48 bits per heavy atom. The molecule has 7 heteroatoms. The number of aliphatic imine (C=N–C) groups is 1. The van der Waals surface area contributed by atoms with E-state index < -0.39 is 9.84 Å². The van der Waals surface area contributed by atoms with Gasteiger partial charge in [0.15, 0.2) is 15.8 Å². The summed E-state index contributed by atoms with van der Waals surface area (Å²) in [5, 5.41) is 6.79. The van der Waals surface area contributed by atoms with Crippen LogP contribution in [0.5, 0.6) is 0 Å². The topological polar surface area (TPSA) is 70.6 Å². The van der Waals surface area contributed by atoms with E-state index in [1.54, 1.807) is 6.07 Å². The molecule has 0 fully saturated rings. The highest BCUT2D eigenvalue weighted by Gasteiger charge is 2.15. The maximum Gasteiger partial charge on any atom is 0.191 e. The van der Waals surface area contributed by atoms with E-state index in [0.717, 1.165) is 23.6 Å². The van der Waals surface area contributed by atoms with E-state index in [4.69, 9.17) is 4.99 Å². The van der Waals surface area contributed by atoms with Crippen LogP contribution < -0.4 is 10.6 Å². The smallest absolute Gasteiger partial charge is 0.191 e. The lowest BCUT2D eigenvalue weighted by atomic mass is 9.91. The number of halogens is 1. The number of hydrogen-bond donors (Lipinski definition) is 2. The molecule has 0 aliphatic rings. The molecule has 0 radical (unpaired) electrons. The maximum atomic E-state index is 11.9. The van der Waals surface area contributed by atoms with Gasteiger partial charge in [0.2, 0.25) is 0 Å². The second-order valence-corrected chi connectivity index (χ2v) is 9.81. The van der Waals surface area contributed by atoms with Crippen molar-refractivity contribution in [2.45, 2.75) is 31.2 Å². The van der Waals surface area contributed by atoms with Gasteiger partial charge in [-0.05, 0) is 42.2 Å². The molecule has 33 heavy (non-hydrogen) atoms. The van der Waals surface area contributed by atoms with E-state index in [1.807, 2.05) is 38.1 Å². The Kier molecular flexibility index (Phi) is 10.4. The lowest BCUT2D eigenvalue weighted by Crippen LogP contribution is -2.39. The van der Waals surface area contributed by atoms with Crippen molar-refractivity contribution < 1.29 is 8.42 Å². The van der Waals surface area contributed by atoms with Crippen molar-refractivity contribution in [2.75, 3.05) is 19.3 Å². The van der Waals surface area contributed by atoms with Gasteiger partial charge in [-0.1, -0.05) is 72.8 Å². The molecule has 0 heterocycles. The Bertz CT molecular complexity index is 1110. The maximum absolute atomic E-state index is 11.9. The number of rotatable bonds is 8. The van der Waals surface area contributed by atoms with Crippen molar-refractivity contribution in [1.29, 1.82) is 0 Å². The summed E-state index contributed by atoms with van der Waals surface area (Å²) in [5.74, 6) is 0.923. The molecule has 3 aromatic rings. The van der Waals surface area contributed by atoms with Crippen molar-refractivity contribution in [3.05, 3.63) is 101 Å². The molecule has 0 amide bonds. The summed E-state index contributed by atoms with van der Waals surface area (Å²) in [5.41, 5.74) is 4.20. The van der Waals surface area contributed by atoms with Gasteiger partial charge in [0, 0.05) is 25.3 Å². The van der Waals surface area contributed by atoms with Crippen LogP contribution in [0, 0.1) is 6.92 Å². The first-order chi connectivity index (χ1) is 15.4. The van der Waals surface area contributed by atoms with Crippen LogP contribution in [0.25, 0.3) is 0 Å². The average molecular weight is 578 g/mol. The molecular formula is C26H32IN3O2S. The highest BCUT2D eigenvalue weighted by molar-refractivity contribution is 14.0. The number of aryl methyl sites for hydroxylation is 1. The third kappa shape index (κ3) is 7.85. The van der Waals surface area contributed by atoms with Crippen LogP contribution in [0.3, 0.4) is 0 Å². The van der Waals surface area contributed by atoms with Crippen LogP contribution in [0.15, 0.2) is 88.8 Å². The van der Waals surface area contributed by atoms with E-state index in [9.17, 15) is 8.42 Å². The Balaban J connectivity index is 0.00000385. The molecule has 0 saturated heterocycles. The number of guanidine groups is 1. The molecule has 5 nitrogen and oxygen atoms in total. The standard InChI is InChI=1S/C26H31N3O2S.HI/c1-4-27-26(28-18-21-15-16-25(20(2)17-21)32(3,30)31)29-19-24(22-11-7-5-8-12-22)23-13-9-6-10-14-23;/h5-17,24H,4,18-19H2,1-3H3,(H2,27,28,29);1H. The fourth-order valence-corrected chi connectivity index (χ4v) is 4.69. The van der Waals surface area contributed by atoms with Crippen LogP contribution in [0.1, 0.15) is 35.1 Å². The van der Waals surface area contributed by atoms with Gasteiger partial charge in [-0.15, -0.1) is 24.0 Å². The molecule has 0 spiro atoms. The first-order valence-electron chi connectivity index (χ1n) is 10.8. The highest BCUT2D eigenvalue weighted by Crippen LogP contribution is 2.23. The SMILES string of the molecule is CCNC(=NCc1ccc(S(C)(=O)=O)c(C)c1)NCC(c1ccccc1)c1ccccc1.I. The van der Waals surface area contributed by atoms with Crippen LogP contribution in [-0.2, 0) is 16.4 Å². The van der Waals surface area contributed by atoms with Crippen LogP contribution in [0.2, 0.25) is 0 Å². The second-order valence-electron chi connectivity index (χ2n) is 7.82. The zero-order valence-electron chi connectivity index (χ0n) is 19.3. The molecule has 0 bridgehead atoms. The van der Waals surface area contributed by atoms with E-state index >= 15 is 0 Å². The zero-order chi connectivity index (χ0) is 23.0. The molecule has 0 aliphatic carbocycles. The summed E-state index contributed by atoms with van der Waals surface area (Å²) in [6.45, 7) is 5.76. The third-order valence-corrected chi connectivity index (χ3v) is 6.54. The van der Waals surface area contributed by atoms with Crippen molar-refractivity contribution >= 4 is 39.8 Å². The van der Waals surface area contributed by atoms with Gasteiger partial charge in [-0.3, -0.25) is 0 Å². The van der Waals surface area contributed by atoms with E-state index in [2.05, 4.69) is 59.2 Å². The summed E-state index contributed by atoms with van der Waals surface area (Å²) in [7, 11) is -3.22. The third-order valence-electron chi connectivity index (χ3n) is 5.28. The number of sulfone groups is 1. The minimum Gasteiger partial charge on any atom is -0.357 e. The summed E-state index contributed by atoms with van der Waals surface area (Å²) >= 11 is 0. The Labute approximate surface area is 214 Å². The van der Waals surface area contributed by atoms with Crippen molar-refractivity contribution in [2.24, 2.45) is 4.99 Å². The minimum absolute atomic E-state index is 0. The molecule has 0 aliphatic heterocycles. The molecule has 0 aromatic heterocycles. The second kappa shape index (κ2) is 12.7. The number of hydrogen-bond acceptors (Lipinski definition) is 3. The number of benzene rings is 3. The van der Waals surface area contributed by atoms with Crippen LogP contribution >= 0.6 is 24.0 Å². The van der Waals surface area contributed by atoms with E-state index in [-0.39, 0.29) is 29.9 Å². The van der Waals surface area contributed by atoms with Gasteiger partial charge in [0.05, 0.1) is 11.4 Å². The molecule has 0 atom stereocenters. The van der Waals surface area contributed by atoms with Crippen molar-refractivity contribution in [3.8, 4) is 0 Å². The number of nitrogens with one attached hydrogen (secondary N) is 2. The zero-order valence-corrected chi connectivity index (χ0v) is 22.4. The van der Waals surface area contributed by atoms with Gasteiger partial charge < -0.3 is 10.6 Å². The molecular weight excluding hydrogens is 545 g/mol. The molecule has 176 valence electrons. The Morgan fingerprint density at radius 1 is 0.909 bits per heavy atom. The van der Waals surface area contributed by atoms with Gasteiger partial charge >= 0.3 is 0 Å².